The summed E-state index contributed by atoms with van der Waals surface area (Å²) in [7, 11) is 0. The van der Waals surface area contributed by atoms with Crippen LogP contribution >= 0.6 is 11.6 Å². The van der Waals surface area contributed by atoms with Crippen molar-refractivity contribution >= 4 is 23.2 Å². The van der Waals surface area contributed by atoms with Gasteiger partial charge in [0, 0.05) is 11.6 Å². The first kappa shape index (κ1) is 11.7. The van der Waals surface area contributed by atoms with Crippen molar-refractivity contribution in [3.63, 3.8) is 0 Å². The lowest BCUT2D eigenvalue weighted by Crippen LogP contribution is -2.18. The molecule has 2 nitrogen and oxygen atoms in total. The van der Waals surface area contributed by atoms with Crippen molar-refractivity contribution in [2.45, 2.75) is 19.3 Å². The number of fused-ring (bicyclic) bond motifs is 5. The molecular formula is C15H15ClFNO. The van der Waals surface area contributed by atoms with E-state index in [0.717, 1.165) is 11.8 Å². The van der Waals surface area contributed by atoms with Gasteiger partial charge in [-0.15, -0.1) is 0 Å². The minimum absolute atomic E-state index is 0.0633. The molecule has 1 N–H and O–H groups in total. The molecule has 4 heteroatoms. The number of carbonyl (C=O) groups is 1. The maximum atomic E-state index is 13.3. The third-order valence-electron chi connectivity index (χ3n) is 5.23. The maximum Gasteiger partial charge on any atom is 0.228 e. The average molecular weight is 280 g/mol. The summed E-state index contributed by atoms with van der Waals surface area (Å²) in [5.41, 5.74) is 0.504. The van der Waals surface area contributed by atoms with Crippen LogP contribution in [-0.4, -0.2) is 5.91 Å². The van der Waals surface area contributed by atoms with Crippen molar-refractivity contribution in [1.29, 1.82) is 0 Å². The van der Waals surface area contributed by atoms with Crippen LogP contribution in [0.3, 0.4) is 0 Å². The molecule has 1 amide bonds. The lowest BCUT2D eigenvalue weighted by atomic mass is 10.0. The van der Waals surface area contributed by atoms with E-state index in [1.807, 2.05) is 0 Å². The second-order valence-electron chi connectivity index (χ2n) is 6.13. The Kier molecular flexibility index (Phi) is 2.44. The SMILES string of the molecule is O=C(Nc1ccc(Cl)c(F)c1)C1[C@H]2[C@@H]3CC[C@H](C3)[C@H]12. The van der Waals surface area contributed by atoms with Crippen molar-refractivity contribution in [2.75, 3.05) is 5.32 Å². The normalized spacial score (nSPS) is 38.1. The maximum absolute atomic E-state index is 13.3. The highest BCUT2D eigenvalue weighted by Gasteiger charge is 2.67. The quantitative estimate of drug-likeness (QED) is 0.878. The van der Waals surface area contributed by atoms with E-state index in [-0.39, 0.29) is 16.8 Å². The highest BCUT2D eigenvalue weighted by Crippen LogP contribution is 2.69. The van der Waals surface area contributed by atoms with E-state index in [9.17, 15) is 9.18 Å². The number of hydrogen-bond acceptors (Lipinski definition) is 1. The Labute approximate surface area is 116 Å². The van der Waals surface area contributed by atoms with Gasteiger partial charge < -0.3 is 5.32 Å². The van der Waals surface area contributed by atoms with Crippen LogP contribution in [0.2, 0.25) is 5.02 Å². The van der Waals surface area contributed by atoms with Crippen molar-refractivity contribution in [3.8, 4) is 0 Å². The Bertz CT molecular complexity index is 545. The Balaban J connectivity index is 1.47. The zero-order chi connectivity index (χ0) is 13.1. The summed E-state index contributed by atoms with van der Waals surface area (Å²) in [5.74, 6) is 2.50. The van der Waals surface area contributed by atoms with E-state index in [1.165, 1.54) is 31.4 Å². The van der Waals surface area contributed by atoms with Crippen LogP contribution in [0.5, 0.6) is 0 Å². The Hall–Kier alpha value is -1.09. The van der Waals surface area contributed by atoms with Gasteiger partial charge in [0.1, 0.15) is 5.82 Å². The van der Waals surface area contributed by atoms with Gasteiger partial charge in [0.15, 0.2) is 0 Å². The number of halogens is 2. The van der Waals surface area contributed by atoms with Gasteiger partial charge in [-0.2, -0.15) is 0 Å². The van der Waals surface area contributed by atoms with Crippen LogP contribution in [0.1, 0.15) is 19.3 Å². The van der Waals surface area contributed by atoms with Gasteiger partial charge in [-0.1, -0.05) is 11.6 Å². The van der Waals surface area contributed by atoms with Crippen molar-refractivity contribution in [2.24, 2.45) is 29.6 Å². The second kappa shape index (κ2) is 3.95. The van der Waals surface area contributed by atoms with Gasteiger partial charge in [0.25, 0.3) is 0 Å². The highest BCUT2D eigenvalue weighted by molar-refractivity contribution is 6.30. The lowest BCUT2D eigenvalue weighted by molar-refractivity contribution is -0.118. The molecule has 3 aliphatic carbocycles. The van der Waals surface area contributed by atoms with Gasteiger partial charge in [0.2, 0.25) is 5.91 Å². The number of amides is 1. The molecule has 4 rings (SSSR count). The highest BCUT2D eigenvalue weighted by atomic mass is 35.5. The van der Waals surface area contributed by atoms with E-state index in [2.05, 4.69) is 5.32 Å². The number of hydrogen-bond donors (Lipinski definition) is 1. The van der Waals surface area contributed by atoms with Crippen LogP contribution in [0.4, 0.5) is 10.1 Å². The molecule has 0 radical (unpaired) electrons. The summed E-state index contributed by atoms with van der Waals surface area (Å²) in [6, 6.07) is 4.41. The third kappa shape index (κ3) is 1.71. The zero-order valence-electron chi connectivity index (χ0n) is 10.4. The van der Waals surface area contributed by atoms with Gasteiger partial charge in [0.05, 0.1) is 5.02 Å². The third-order valence-corrected chi connectivity index (χ3v) is 5.53. The summed E-state index contributed by atoms with van der Waals surface area (Å²) in [6.07, 6.45) is 3.92. The van der Waals surface area contributed by atoms with Gasteiger partial charge in [-0.25, -0.2) is 4.39 Å². The first-order valence-corrected chi connectivity index (χ1v) is 7.29. The average Bonchev–Trinajstić information content (AvgIpc) is 2.83. The lowest BCUT2D eigenvalue weighted by Gasteiger charge is -2.10. The van der Waals surface area contributed by atoms with E-state index < -0.39 is 5.82 Å². The fourth-order valence-corrected chi connectivity index (χ4v) is 4.59. The predicted molar refractivity (Wildman–Crippen MR) is 71.3 cm³/mol. The number of rotatable bonds is 2. The molecule has 0 spiro atoms. The molecule has 0 aliphatic heterocycles. The first-order chi connectivity index (χ1) is 9.15. The molecule has 0 aromatic heterocycles. The largest absolute Gasteiger partial charge is 0.326 e. The monoisotopic (exact) mass is 279 g/mol. The minimum Gasteiger partial charge on any atom is -0.326 e. The van der Waals surface area contributed by atoms with Gasteiger partial charge in [-0.05, 0) is 61.1 Å². The van der Waals surface area contributed by atoms with Gasteiger partial charge in [-0.3, -0.25) is 4.79 Å². The Morgan fingerprint density at radius 2 is 1.95 bits per heavy atom. The molecule has 3 aliphatic rings. The van der Waals surface area contributed by atoms with Crippen LogP contribution in [-0.2, 0) is 4.79 Å². The van der Waals surface area contributed by atoms with Crippen LogP contribution in [0.15, 0.2) is 18.2 Å². The van der Waals surface area contributed by atoms with E-state index in [1.54, 1.807) is 6.07 Å². The molecule has 3 fully saturated rings. The summed E-state index contributed by atoms with van der Waals surface area (Å²) in [5, 5.41) is 2.91. The van der Waals surface area contributed by atoms with E-state index >= 15 is 0 Å². The molecule has 4 atom stereocenters. The van der Waals surface area contributed by atoms with E-state index in [4.69, 9.17) is 11.6 Å². The molecular weight excluding hydrogens is 265 g/mol. The smallest absolute Gasteiger partial charge is 0.228 e. The predicted octanol–water partition coefficient (Wildman–Crippen LogP) is 3.71. The first-order valence-electron chi connectivity index (χ1n) is 6.91. The van der Waals surface area contributed by atoms with E-state index in [0.29, 0.717) is 17.5 Å². The number of benzene rings is 1. The standard InChI is InChI=1S/C15H15ClFNO/c16-10-4-3-9(6-11(10)17)18-15(19)14-12-7-1-2-8(5-7)13(12)14/h3-4,6-8,12-14H,1-2,5H2,(H,18,19)/t7-,8-,12+,13+/m1/s1. The van der Waals surface area contributed by atoms with Crippen molar-refractivity contribution in [3.05, 3.63) is 29.0 Å². The minimum atomic E-state index is -0.490. The Morgan fingerprint density at radius 3 is 2.58 bits per heavy atom. The van der Waals surface area contributed by atoms with Crippen LogP contribution in [0, 0.1) is 35.4 Å². The molecule has 3 saturated carbocycles. The molecule has 1 aromatic rings. The molecule has 0 heterocycles. The molecule has 19 heavy (non-hydrogen) atoms. The zero-order valence-corrected chi connectivity index (χ0v) is 11.2. The fourth-order valence-electron chi connectivity index (χ4n) is 4.48. The molecule has 0 unspecified atom stereocenters. The molecule has 100 valence electrons. The Morgan fingerprint density at radius 1 is 1.26 bits per heavy atom. The summed E-state index contributed by atoms with van der Waals surface area (Å²) in [6.45, 7) is 0. The number of nitrogens with one attached hydrogen (secondary N) is 1. The summed E-state index contributed by atoms with van der Waals surface area (Å²) < 4.78 is 13.3. The van der Waals surface area contributed by atoms with Crippen molar-refractivity contribution < 1.29 is 9.18 Å². The molecule has 1 aromatic carbocycles. The van der Waals surface area contributed by atoms with Crippen LogP contribution in [0.25, 0.3) is 0 Å². The summed E-state index contributed by atoms with van der Waals surface area (Å²) >= 11 is 5.63. The van der Waals surface area contributed by atoms with Gasteiger partial charge >= 0.3 is 0 Å². The number of carbonyl (C=O) groups excluding carboxylic acids is 1. The molecule has 2 bridgehead atoms. The topological polar surface area (TPSA) is 29.1 Å². The fraction of sp³-hybridized carbons (Fsp3) is 0.533. The second-order valence-corrected chi connectivity index (χ2v) is 6.54. The molecule has 0 saturated heterocycles. The van der Waals surface area contributed by atoms with Crippen molar-refractivity contribution in [1.82, 2.24) is 0 Å². The summed E-state index contributed by atoms with van der Waals surface area (Å²) in [4.78, 5) is 12.2. The number of anilines is 1. The van der Waals surface area contributed by atoms with Crippen LogP contribution < -0.4 is 5.32 Å².